The van der Waals surface area contributed by atoms with Gasteiger partial charge in [0.2, 0.25) is 5.91 Å². The van der Waals surface area contributed by atoms with Gasteiger partial charge < -0.3 is 10.1 Å². The second-order valence-electron chi connectivity index (χ2n) is 5.86. The first-order valence-corrected chi connectivity index (χ1v) is 9.07. The average molecular weight is 370 g/mol. The molecule has 2 aromatic carbocycles. The third-order valence-corrected chi connectivity index (χ3v) is 4.89. The van der Waals surface area contributed by atoms with Crippen molar-refractivity contribution in [2.24, 2.45) is 0 Å². The molecule has 0 spiro atoms. The topological polar surface area (TPSA) is 51.2 Å². The van der Waals surface area contributed by atoms with Gasteiger partial charge >= 0.3 is 0 Å². The number of benzene rings is 2. The number of halogens is 1. The molecule has 3 aromatic rings. The van der Waals surface area contributed by atoms with Crippen LogP contribution in [-0.2, 0) is 11.2 Å². The van der Waals surface area contributed by atoms with E-state index in [0.29, 0.717) is 16.3 Å². The maximum Gasteiger partial charge on any atom is 0.226 e. The number of rotatable bonds is 6. The summed E-state index contributed by atoms with van der Waals surface area (Å²) in [7, 11) is 1.61. The van der Waals surface area contributed by atoms with Gasteiger partial charge in [-0.1, -0.05) is 30.3 Å². The molecule has 134 valence electrons. The number of para-hydroxylation sites is 1. The quantitative estimate of drug-likeness (QED) is 0.701. The predicted octanol–water partition coefficient (Wildman–Crippen LogP) is 4.38. The molecule has 0 saturated carbocycles. The molecular formula is C20H19FN2O2S. The summed E-state index contributed by atoms with van der Waals surface area (Å²) in [6.45, 7) is 1.91. The normalized spacial score (nSPS) is 11.8. The molecule has 1 N–H and O–H groups in total. The molecule has 1 heterocycles. The van der Waals surface area contributed by atoms with Crippen molar-refractivity contribution in [3.05, 3.63) is 71.0 Å². The fourth-order valence-electron chi connectivity index (χ4n) is 2.70. The zero-order valence-electron chi connectivity index (χ0n) is 14.5. The molecule has 0 bridgehead atoms. The van der Waals surface area contributed by atoms with Gasteiger partial charge in [-0.3, -0.25) is 4.79 Å². The fourth-order valence-corrected chi connectivity index (χ4v) is 3.52. The standard InChI is InChI=1S/C20H19FN2O2S/c1-13(17-8-3-4-9-18(17)25-2)22-19(24)11-16-12-26-20(23-16)14-6-5-7-15(21)10-14/h3-10,12-13H,11H2,1-2H3,(H,22,24). The molecule has 1 atom stereocenters. The number of hydrogen-bond donors (Lipinski definition) is 1. The van der Waals surface area contributed by atoms with E-state index in [4.69, 9.17) is 4.74 Å². The van der Waals surface area contributed by atoms with Crippen LogP contribution in [0.15, 0.2) is 53.9 Å². The van der Waals surface area contributed by atoms with Gasteiger partial charge in [0.25, 0.3) is 0 Å². The van der Waals surface area contributed by atoms with Crippen LogP contribution < -0.4 is 10.1 Å². The highest BCUT2D eigenvalue weighted by Crippen LogP contribution is 2.26. The first-order valence-electron chi connectivity index (χ1n) is 8.19. The van der Waals surface area contributed by atoms with E-state index in [1.807, 2.05) is 36.6 Å². The SMILES string of the molecule is COc1ccccc1C(C)NC(=O)Cc1csc(-c2cccc(F)c2)n1. The number of thiazole rings is 1. The Hall–Kier alpha value is -2.73. The van der Waals surface area contributed by atoms with Crippen molar-refractivity contribution >= 4 is 17.2 Å². The smallest absolute Gasteiger partial charge is 0.226 e. The van der Waals surface area contributed by atoms with Crippen molar-refractivity contribution in [1.29, 1.82) is 0 Å². The van der Waals surface area contributed by atoms with Crippen LogP contribution in [0, 0.1) is 5.82 Å². The van der Waals surface area contributed by atoms with Gasteiger partial charge in [-0.05, 0) is 25.1 Å². The summed E-state index contributed by atoms with van der Waals surface area (Å²) in [5.74, 6) is 0.310. The number of amides is 1. The second kappa shape index (κ2) is 8.10. The first-order chi connectivity index (χ1) is 12.6. The molecule has 1 unspecified atom stereocenters. The van der Waals surface area contributed by atoms with Crippen LogP contribution in [-0.4, -0.2) is 18.0 Å². The van der Waals surface area contributed by atoms with E-state index < -0.39 is 0 Å². The van der Waals surface area contributed by atoms with Crippen LogP contribution in [0.3, 0.4) is 0 Å². The van der Waals surface area contributed by atoms with Crippen LogP contribution in [0.25, 0.3) is 10.6 Å². The Morgan fingerprint density at radius 2 is 2.08 bits per heavy atom. The van der Waals surface area contributed by atoms with Crippen molar-refractivity contribution in [2.45, 2.75) is 19.4 Å². The lowest BCUT2D eigenvalue weighted by Crippen LogP contribution is -2.28. The molecule has 6 heteroatoms. The van der Waals surface area contributed by atoms with Crippen molar-refractivity contribution in [2.75, 3.05) is 7.11 Å². The lowest BCUT2D eigenvalue weighted by Gasteiger charge is -2.17. The van der Waals surface area contributed by atoms with Crippen molar-refractivity contribution in [3.8, 4) is 16.3 Å². The highest BCUT2D eigenvalue weighted by atomic mass is 32.1. The van der Waals surface area contributed by atoms with Crippen molar-refractivity contribution in [1.82, 2.24) is 10.3 Å². The number of hydrogen-bond acceptors (Lipinski definition) is 4. The van der Waals surface area contributed by atoms with Gasteiger partial charge in [0.1, 0.15) is 16.6 Å². The Morgan fingerprint density at radius 1 is 1.27 bits per heavy atom. The Balaban J connectivity index is 1.65. The minimum absolute atomic E-state index is 0.125. The molecule has 0 aliphatic heterocycles. The molecule has 26 heavy (non-hydrogen) atoms. The Labute approximate surface area is 155 Å². The number of methoxy groups -OCH3 is 1. The molecule has 3 rings (SSSR count). The van der Waals surface area contributed by atoms with E-state index in [1.54, 1.807) is 19.2 Å². The summed E-state index contributed by atoms with van der Waals surface area (Å²) in [5, 5.41) is 5.49. The largest absolute Gasteiger partial charge is 0.496 e. The number of nitrogens with zero attached hydrogens (tertiary/aromatic N) is 1. The zero-order chi connectivity index (χ0) is 18.5. The number of nitrogens with one attached hydrogen (secondary N) is 1. The molecule has 1 amide bonds. The zero-order valence-corrected chi connectivity index (χ0v) is 15.3. The lowest BCUT2D eigenvalue weighted by atomic mass is 10.1. The van der Waals surface area contributed by atoms with Gasteiger partial charge in [-0.2, -0.15) is 0 Å². The minimum Gasteiger partial charge on any atom is -0.496 e. The molecule has 4 nitrogen and oxygen atoms in total. The maximum absolute atomic E-state index is 13.3. The van der Waals surface area contributed by atoms with Crippen molar-refractivity contribution in [3.63, 3.8) is 0 Å². The fraction of sp³-hybridized carbons (Fsp3) is 0.200. The van der Waals surface area contributed by atoms with E-state index in [0.717, 1.165) is 11.3 Å². The molecule has 0 fully saturated rings. The Morgan fingerprint density at radius 3 is 2.85 bits per heavy atom. The molecule has 1 aromatic heterocycles. The summed E-state index contributed by atoms with van der Waals surface area (Å²) >= 11 is 1.40. The first kappa shape index (κ1) is 18.1. The van der Waals surface area contributed by atoms with Gasteiger partial charge in [-0.25, -0.2) is 9.37 Å². The monoisotopic (exact) mass is 370 g/mol. The number of carbonyl (C=O) groups excluding carboxylic acids is 1. The Kier molecular flexibility index (Phi) is 5.63. The van der Waals surface area contributed by atoms with E-state index in [9.17, 15) is 9.18 Å². The lowest BCUT2D eigenvalue weighted by molar-refractivity contribution is -0.121. The van der Waals surface area contributed by atoms with Crippen LogP contribution in [0.1, 0.15) is 24.2 Å². The molecular weight excluding hydrogens is 351 g/mol. The predicted molar refractivity (Wildman–Crippen MR) is 101 cm³/mol. The highest BCUT2D eigenvalue weighted by Gasteiger charge is 2.15. The molecule has 0 radical (unpaired) electrons. The van der Waals surface area contributed by atoms with Gasteiger partial charge in [0, 0.05) is 16.5 Å². The summed E-state index contributed by atoms with van der Waals surface area (Å²) in [4.78, 5) is 16.8. The van der Waals surface area contributed by atoms with Crippen LogP contribution in [0.4, 0.5) is 4.39 Å². The summed E-state index contributed by atoms with van der Waals surface area (Å²) in [6, 6.07) is 13.7. The molecule has 0 aliphatic rings. The van der Waals surface area contributed by atoms with Gasteiger partial charge in [-0.15, -0.1) is 11.3 Å². The Bertz CT molecular complexity index is 910. The third kappa shape index (κ3) is 4.26. The minimum atomic E-state index is -0.303. The van der Waals surface area contributed by atoms with Gasteiger partial charge in [0.05, 0.1) is 25.3 Å². The summed E-state index contributed by atoms with van der Waals surface area (Å²) < 4.78 is 18.7. The maximum atomic E-state index is 13.3. The third-order valence-electron chi connectivity index (χ3n) is 3.95. The van der Waals surface area contributed by atoms with E-state index in [2.05, 4.69) is 10.3 Å². The van der Waals surface area contributed by atoms with Crippen molar-refractivity contribution < 1.29 is 13.9 Å². The van der Waals surface area contributed by atoms with Crippen LogP contribution >= 0.6 is 11.3 Å². The van der Waals surface area contributed by atoms with E-state index >= 15 is 0 Å². The second-order valence-corrected chi connectivity index (χ2v) is 6.72. The molecule has 0 saturated heterocycles. The average Bonchev–Trinajstić information content (AvgIpc) is 3.10. The number of ether oxygens (including phenoxy) is 1. The van der Waals surface area contributed by atoms with E-state index in [1.165, 1.54) is 23.5 Å². The summed E-state index contributed by atoms with van der Waals surface area (Å²) in [5.41, 5.74) is 2.30. The van der Waals surface area contributed by atoms with Crippen LogP contribution in [0.2, 0.25) is 0 Å². The van der Waals surface area contributed by atoms with E-state index in [-0.39, 0.29) is 24.2 Å². The van der Waals surface area contributed by atoms with Gasteiger partial charge in [0.15, 0.2) is 0 Å². The number of carbonyl (C=O) groups is 1. The van der Waals surface area contributed by atoms with Crippen LogP contribution in [0.5, 0.6) is 5.75 Å². The summed E-state index contributed by atoms with van der Waals surface area (Å²) in [6.07, 6.45) is 0.172. The number of aromatic nitrogens is 1. The highest BCUT2D eigenvalue weighted by molar-refractivity contribution is 7.13. The molecule has 0 aliphatic carbocycles.